The standard InChI is InChI=1S/C31H50N6O/c1-4-6-8-10-12-13-15-17-19-26(18-16-14-11-9-7-5-2)24-33-31(38)37-36-30-27-22-25(3)20-21-28(27)34-29(23-32)35-30/h20-22,26H,4-19,24H2,1-3H3,(H2,33,37,38)(H,34,35,36). The summed E-state index contributed by atoms with van der Waals surface area (Å²) < 4.78 is 0. The van der Waals surface area contributed by atoms with Crippen molar-refractivity contribution in [2.45, 2.75) is 124 Å². The molecule has 1 aromatic carbocycles. The first-order valence-electron chi connectivity index (χ1n) is 15.1. The van der Waals surface area contributed by atoms with Gasteiger partial charge in [0, 0.05) is 11.9 Å². The molecule has 7 nitrogen and oxygen atoms in total. The van der Waals surface area contributed by atoms with Gasteiger partial charge in [-0.15, -0.1) is 0 Å². The number of fused-ring (bicyclic) bond motifs is 1. The number of anilines is 1. The van der Waals surface area contributed by atoms with Crippen LogP contribution in [0.15, 0.2) is 18.2 Å². The number of nitriles is 1. The first-order chi connectivity index (χ1) is 18.6. The van der Waals surface area contributed by atoms with Gasteiger partial charge in [0.2, 0.25) is 5.82 Å². The fraction of sp³-hybridized carbons (Fsp3) is 0.677. The largest absolute Gasteiger partial charge is 0.336 e. The number of hydrogen-bond donors (Lipinski definition) is 3. The Labute approximate surface area is 230 Å². The number of nitrogens with one attached hydrogen (secondary N) is 3. The summed E-state index contributed by atoms with van der Waals surface area (Å²) in [4.78, 5) is 21.1. The van der Waals surface area contributed by atoms with Gasteiger partial charge in [0.1, 0.15) is 6.07 Å². The van der Waals surface area contributed by atoms with E-state index in [9.17, 15) is 10.1 Å². The first-order valence-corrected chi connectivity index (χ1v) is 15.1. The molecule has 2 rings (SSSR count). The maximum absolute atomic E-state index is 12.6. The van der Waals surface area contributed by atoms with Gasteiger partial charge in [-0.05, 0) is 37.8 Å². The van der Waals surface area contributed by atoms with Gasteiger partial charge < -0.3 is 5.32 Å². The zero-order chi connectivity index (χ0) is 27.4. The number of carbonyl (C=O) groups excluding carboxylic acids is 1. The zero-order valence-corrected chi connectivity index (χ0v) is 24.1. The van der Waals surface area contributed by atoms with Crippen LogP contribution in [-0.4, -0.2) is 22.5 Å². The second-order valence-electron chi connectivity index (χ2n) is 10.7. The average Bonchev–Trinajstić information content (AvgIpc) is 2.93. The number of urea groups is 1. The molecule has 2 amide bonds. The maximum atomic E-state index is 12.6. The van der Waals surface area contributed by atoms with E-state index in [1.165, 1.54) is 96.3 Å². The molecule has 1 heterocycles. The number of unbranched alkanes of at least 4 members (excludes halogenated alkanes) is 12. The minimum absolute atomic E-state index is 0.0652. The van der Waals surface area contributed by atoms with Gasteiger partial charge in [0.05, 0.1) is 5.52 Å². The second-order valence-corrected chi connectivity index (χ2v) is 10.7. The van der Waals surface area contributed by atoms with E-state index in [2.05, 4.69) is 40.0 Å². The third-order valence-corrected chi connectivity index (χ3v) is 7.23. The van der Waals surface area contributed by atoms with Crippen LogP contribution in [0.1, 0.15) is 128 Å². The van der Waals surface area contributed by atoms with Crippen LogP contribution in [0.5, 0.6) is 0 Å². The molecule has 0 bridgehead atoms. The highest BCUT2D eigenvalue weighted by Crippen LogP contribution is 2.22. The number of hydrogen-bond acceptors (Lipinski definition) is 5. The summed E-state index contributed by atoms with van der Waals surface area (Å²) in [6.45, 7) is 7.17. The van der Waals surface area contributed by atoms with E-state index in [0.717, 1.165) is 17.4 Å². The fourth-order valence-electron chi connectivity index (χ4n) is 4.91. The number of benzene rings is 1. The molecular weight excluding hydrogens is 472 g/mol. The van der Waals surface area contributed by atoms with Crippen molar-refractivity contribution in [2.24, 2.45) is 5.92 Å². The van der Waals surface area contributed by atoms with Crippen LogP contribution in [0.3, 0.4) is 0 Å². The molecule has 7 heteroatoms. The molecule has 0 aliphatic heterocycles. The highest BCUT2D eigenvalue weighted by molar-refractivity contribution is 5.90. The zero-order valence-electron chi connectivity index (χ0n) is 24.1. The molecule has 38 heavy (non-hydrogen) atoms. The summed E-state index contributed by atoms with van der Waals surface area (Å²) >= 11 is 0. The summed E-state index contributed by atoms with van der Waals surface area (Å²) in [5.41, 5.74) is 7.33. The van der Waals surface area contributed by atoms with E-state index in [1.54, 1.807) is 0 Å². The number of aryl methyl sites for hydroxylation is 1. The van der Waals surface area contributed by atoms with Crippen molar-refractivity contribution in [3.05, 3.63) is 29.6 Å². The van der Waals surface area contributed by atoms with Gasteiger partial charge >= 0.3 is 6.03 Å². The van der Waals surface area contributed by atoms with Crippen LogP contribution in [0, 0.1) is 24.2 Å². The van der Waals surface area contributed by atoms with Crippen LogP contribution in [-0.2, 0) is 0 Å². The van der Waals surface area contributed by atoms with Gasteiger partial charge in [-0.25, -0.2) is 9.78 Å². The molecule has 0 fully saturated rings. The van der Waals surface area contributed by atoms with Crippen LogP contribution in [0.25, 0.3) is 10.9 Å². The normalized spacial score (nSPS) is 11.7. The maximum Gasteiger partial charge on any atom is 0.333 e. The van der Waals surface area contributed by atoms with Gasteiger partial charge in [-0.3, -0.25) is 10.9 Å². The molecular formula is C31H50N6O. The highest BCUT2D eigenvalue weighted by Gasteiger charge is 2.12. The molecule has 1 unspecified atom stereocenters. The average molecular weight is 523 g/mol. The molecule has 1 aromatic heterocycles. The van der Waals surface area contributed by atoms with E-state index < -0.39 is 0 Å². The summed E-state index contributed by atoms with van der Waals surface area (Å²) in [5.74, 6) is 0.989. The lowest BCUT2D eigenvalue weighted by Crippen LogP contribution is -2.41. The van der Waals surface area contributed by atoms with Crippen LogP contribution < -0.4 is 16.2 Å². The highest BCUT2D eigenvalue weighted by atomic mass is 16.2. The molecule has 0 saturated heterocycles. The number of carbonyl (C=O) groups is 1. The predicted molar refractivity (Wildman–Crippen MR) is 158 cm³/mol. The fourth-order valence-corrected chi connectivity index (χ4v) is 4.91. The minimum Gasteiger partial charge on any atom is -0.336 e. The quantitative estimate of drug-likeness (QED) is 0.120. The molecule has 3 N–H and O–H groups in total. The molecule has 0 saturated carbocycles. The number of amides is 2. The van der Waals surface area contributed by atoms with Crippen LogP contribution in [0.2, 0.25) is 0 Å². The van der Waals surface area contributed by atoms with Crippen molar-refractivity contribution in [3.8, 4) is 6.07 Å². The topological polar surface area (TPSA) is 103 Å². The third-order valence-electron chi connectivity index (χ3n) is 7.23. The Morgan fingerprint density at radius 3 is 2.03 bits per heavy atom. The Hall–Kier alpha value is -2.88. The predicted octanol–water partition coefficient (Wildman–Crippen LogP) is 8.33. The first kappa shape index (κ1) is 31.3. The molecule has 2 aromatic rings. The van der Waals surface area contributed by atoms with Gasteiger partial charge in [-0.1, -0.05) is 115 Å². The molecule has 0 spiro atoms. The monoisotopic (exact) mass is 522 g/mol. The molecule has 0 aliphatic rings. The number of rotatable bonds is 20. The Bertz CT molecular complexity index is 986. The van der Waals surface area contributed by atoms with E-state index in [-0.39, 0.29) is 11.9 Å². The van der Waals surface area contributed by atoms with Gasteiger partial charge in [0.15, 0.2) is 5.82 Å². The summed E-state index contributed by atoms with van der Waals surface area (Å²) in [5, 5.41) is 13.1. The lowest BCUT2D eigenvalue weighted by atomic mass is 9.94. The smallest absolute Gasteiger partial charge is 0.333 e. The van der Waals surface area contributed by atoms with Gasteiger partial charge in [-0.2, -0.15) is 10.2 Å². The van der Waals surface area contributed by atoms with E-state index in [1.807, 2.05) is 31.2 Å². The van der Waals surface area contributed by atoms with Crippen molar-refractivity contribution in [1.82, 2.24) is 20.7 Å². The van der Waals surface area contributed by atoms with Crippen molar-refractivity contribution in [1.29, 1.82) is 5.26 Å². The van der Waals surface area contributed by atoms with Crippen LogP contribution >= 0.6 is 0 Å². The molecule has 0 aliphatic carbocycles. The molecule has 0 radical (unpaired) electrons. The summed E-state index contributed by atoms with van der Waals surface area (Å²) in [6, 6.07) is 7.44. The van der Waals surface area contributed by atoms with E-state index in [4.69, 9.17) is 0 Å². The summed E-state index contributed by atoms with van der Waals surface area (Å²) in [7, 11) is 0. The van der Waals surface area contributed by atoms with E-state index >= 15 is 0 Å². The third kappa shape index (κ3) is 12.6. The second kappa shape index (κ2) is 19.2. The SMILES string of the molecule is CCCCCCCCCCC(CCCCCCCC)CNC(=O)NNc1nc(C#N)nc2ccc(C)cc12. The van der Waals surface area contributed by atoms with E-state index in [0.29, 0.717) is 23.8 Å². The molecule has 1 atom stereocenters. The van der Waals surface area contributed by atoms with Crippen molar-refractivity contribution >= 4 is 22.8 Å². The summed E-state index contributed by atoms with van der Waals surface area (Å²) in [6.07, 6.45) is 20.7. The van der Waals surface area contributed by atoms with Gasteiger partial charge in [0.25, 0.3) is 0 Å². The lowest BCUT2D eigenvalue weighted by molar-refractivity contribution is 0.239. The minimum atomic E-state index is -0.285. The van der Waals surface area contributed by atoms with Crippen molar-refractivity contribution in [3.63, 3.8) is 0 Å². The Morgan fingerprint density at radius 2 is 1.45 bits per heavy atom. The lowest BCUT2D eigenvalue weighted by Gasteiger charge is -2.18. The Balaban J connectivity index is 1.82. The Kier molecular flexibility index (Phi) is 15.9. The Morgan fingerprint density at radius 1 is 0.868 bits per heavy atom. The molecule has 210 valence electrons. The number of hydrazine groups is 1. The van der Waals surface area contributed by atoms with Crippen molar-refractivity contribution < 1.29 is 4.79 Å². The number of aromatic nitrogens is 2. The van der Waals surface area contributed by atoms with Crippen LogP contribution in [0.4, 0.5) is 10.6 Å². The number of nitrogens with zero attached hydrogens (tertiary/aromatic N) is 3. The van der Waals surface area contributed by atoms with Crippen molar-refractivity contribution in [2.75, 3.05) is 12.0 Å².